The number of nitrogens with one attached hydrogen (secondary N) is 2. The minimum Gasteiger partial charge on any atom is -0.372 e. The van der Waals surface area contributed by atoms with E-state index in [4.69, 9.17) is 29.2 Å². The summed E-state index contributed by atoms with van der Waals surface area (Å²) in [6.45, 7) is 5.05. The SMILES string of the molecule is CC(C)OCC(=S)NC(=S)NCc1cccs1. The summed E-state index contributed by atoms with van der Waals surface area (Å²) < 4.78 is 5.37. The van der Waals surface area contributed by atoms with Gasteiger partial charge in [-0.25, -0.2) is 0 Å². The van der Waals surface area contributed by atoms with Crippen LogP contribution < -0.4 is 10.6 Å². The molecule has 0 radical (unpaired) electrons. The molecule has 0 unspecified atom stereocenters. The van der Waals surface area contributed by atoms with Crippen molar-refractivity contribution in [3.05, 3.63) is 22.4 Å². The highest BCUT2D eigenvalue weighted by Gasteiger charge is 2.02. The van der Waals surface area contributed by atoms with Crippen LogP contribution in [0.1, 0.15) is 18.7 Å². The summed E-state index contributed by atoms with van der Waals surface area (Å²) in [6, 6.07) is 4.07. The van der Waals surface area contributed by atoms with Crippen LogP contribution >= 0.6 is 35.8 Å². The number of thiophene rings is 1. The highest BCUT2D eigenvalue weighted by atomic mass is 32.1. The molecule has 0 saturated carbocycles. The van der Waals surface area contributed by atoms with Gasteiger partial charge in [0.15, 0.2) is 5.11 Å². The molecule has 0 atom stereocenters. The summed E-state index contributed by atoms with van der Waals surface area (Å²) in [5.74, 6) is 0. The van der Waals surface area contributed by atoms with E-state index >= 15 is 0 Å². The molecule has 94 valence electrons. The van der Waals surface area contributed by atoms with Crippen molar-refractivity contribution in [1.29, 1.82) is 0 Å². The molecule has 0 amide bonds. The van der Waals surface area contributed by atoms with Crippen molar-refractivity contribution < 1.29 is 4.74 Å². The maximum absolute atomic E-state index is 5.37. The van der Waals surface area contributed by atoms with Crippen LogP contribution in [0.3, 0.4) is 0 Å². The Kier molecular flexibility index (Phi) is 6.57. The maximum Gasteiger partial charge on any atom is 0.171 e. The van der Waals surface area contributed by atoms with Gasteiger partial charge < -0.3 is 15.4 Å². The molecule has 0 fully saturated rings. The molecule has 0 aromatic carbocycles. The fraction of sp³-hybridized carbons (Fsp3) is 0.455. The molecule has 1 heterocycles. The lowest BCUT2D eigenvalue weighted by atomic mass is 10.5. The number of hydrogen-bond donors (Lipinski definition) is 2. The zero-order valence-electron chi connectivity index (χ0n) is 9.86. The molecule has 17 heavy (non-hydrogen) atoms. The van der Waals surface area contributed by atoms with Crippen molar-refractivity contribution >= 4 is 45.9 Å². The maximum atomic E-state index is 5.37. The summed E-state index contributed by atoms with van der Waals surface area (Å²) in [5.41, 5.74) is 0. The summed E-state index contributed by atoms with van der Waals surface area (Å²) in [4.78, 5) is 1.83. The molecular weight excluding hydrogens is 272 g/mol. The van der Waals surface area contributed by atoms with Gasteiger partial charge in [0.05, 0.1) is 19.3 Å². The lowest BCUT2D eigenvalue weighted by molar-refractivity contribution is 0.111. The van der Waals surface area contributed by atoms with Crippen LogP contribution in [0.15, 0.2) is 17.5 Å². The summed E-state index contributed by atoms with van der Waals surface area (Å²) in [6.07, 6.45) is 0.169. The van der Waals surface area contributed by atoms with Crippen molar-refractivity contribution in [1.82, 2.24) is 10.6 Å². The van der Waals surface area contributed by atoms with Gasteiger partial charge in [-0.2, -0.15) is 0 Å². The molecule has 0 aliphatic carbocycles. The third-order valence-corrected chi connectivity index (χ3v) is 3.15. The number of thiocarbonyl (C=S) groups is 2. The smallest absolute Gasteiger partial charge is 0.171 e. The Balaban J connectivity index is 2.18. The van der Waals surface area contributed by atoms with Gasteiger partial charge in [0.2, 0.25) is 0 Å². The highest BCUT2D eigenvalue weighted by Crippen LogP contribution is 2.06. The fourth-order valence-corrected chi connectivity index (χ4v) is 2.10. The summed E-state index contributed by atoms with van der Waals surface area (Å²) in [5, 5.41) is 8.59. The Morgan fingerprint density at radius 3 is 2.82 bits per heavy atom. The number of ether oxygens (including phenoxy) is 1. The first-order valence-corrected chi connectivity index (χ1v) is 6.99. The van der Waals surface area contributed by atoms with E-state index in [2.05, 4.69) is 16.7 Å². The Morgan fingerprint density at radius 2 is 2.24 bits per heavy atom. The summed E-state index contributed by atoms with van der Waals surface area (Å²) in [7, 11) is 0. The molecule has 1 rings (SSSR count). The van der Waals surface area contributed by atoms with E-state index in [0.29, 0.717) is 16.7 Å². The second-order valence-electron chi connectivity index (χ2n) is 3.67. The summed E-state index contributed by atoms with van der Waals surface area (Å²) >= 11 is 11.9. The minimum absolute atomic E-state index is 0.169. The first-order valence-electron chi connectivity index (χ1n) is 5.29. The molecule has 1 aromatic rings. The van der Waals surface area contributed by atoms with E-state index in [0.717, 1.165) is 6.54 Å². The van der Waals surface area contributed by atoms with Gasteiger partial charge in [-0.05, 0) is 37.5 Å². The van der Waals surface area contributed by atoms with Crippen LogP contribution in [-0.4, -0.2) is 22.8 Å². The van der Waals surface area contributed by atoms with Crippen LogP contribution in [0.4, 0.5) is 0 Å². The molecule has 6 heteroatoms. The first-order chi connectivity index (χ1) is 8.08. The Labute approximate surface area is 117 Å². The van der Waals surface area contributed by atoms with Crippen LogP contribution in [-0.2, 0) is 11.3 Å². The zero-order valence-corrected chi connectivity index (χ0v) is 12.3. The average molecular weight is 288 g/mol. The lowest BCUT2D eigenvalue weighted by Gasteiger charge is -2.12. The molecule has 1 aromatic heterocycles. The largest absolute Gasteiger partial charge is 0.372 e. The van der Waals surface area contributed by atoms with E-state index in [1.807, 2.05) is 25.3 Å². The van der Waals surface area contributed by atoms with E-state index in [1.54, 1.807) is 11.3 Å². The van der Waals surface area contributed by atoms with Crippen molar-refractivity contribution in [3.8, 4) is 0 Å². The third-order valence-electron chi connectivity index (χ3n) is 1.80. The second kappa shape index (κ2) is 7.71. The molecule has 3 nitrogen and oxygen atoms in total. The van der Waals surface area contributed by atoms with Gasteiger partial charge in [-0.3, -0.25) is 0 Å². The first kappa shape index (κ1) is 14.5. The monoisotopic (exact) mass is 288 g/mol. The predicted molar refractivity (Wildman–Crippen MR) is 80.6 cm³/mol. The van der Waals surface area contributed by atoms with Gasteiger partial charge in [0.1, 0.15) is 4.99 Å². The Bertz CT molecular complexity index is 363. The molecule has 0 aliphatic heterocycles. The van der Waals surface area contributed by atoms with Crippen LogP contribution in [0.5, 0.6) is 0 Å². The molecule has 0 aliphatic rings. The fourth-order valence-electron chi connectivity index (χ4n) is 1.03. The molecule has 0 bridgehead atoms. The molecule has 2 N–H and O–H groups in total. The average Bonchev–Trinajstić information content (AvgIpc) is 2.76. The van der Waals surface area contributed by atoms with Crippen LogP contribution in [0, 0.1) is 0 Å². The number of hydrogen-bond acceptors (Lipinski definition) is 4. The third kappa shape index (κ3) is 6.68. The predicted octanol–water partition coefficient (Wildman–Crippen LogP) is 2.46. The molecule has 0 spiro atoms. The van der Waals surface area contributed by atoms with Crippen molar-refractivity contribution in [3.63, 3.8) is 0 Å². The van der Waals surface area contributed by atoms with Crippen LogP contribution in [0.2, 0.25) is 0 Å². The topological polar surface area (TPSA) is 33.3 Å². The Morgan fingerprint density at radius 1 is 1.47 bits per heavy atom. The van der Waals surface area contributed by atoms with Gasteiger partial charge in [0, 0.05) is 4.88 Å². The molecular formula is C11H16N2OS3. The van der Waals surface area contributed by atoms with Crippen molar-refractivity contribution in [2.45, 2.75) is 26.5 Å². The lowest BCUT2D eigenvalue weighted by Crippen LogP contribution is -2.39. The molecule has 0 saturated heterocycles. The highest BCUT2D eigenvalue weighted by molar-refractivity contribution is 7.81. The van der Waals surface area contributed by atoms with E-state index in [1.165, 1.54) is 4.88 Å². The second-order valence-corrected chi connectivity index (χ2v) is 5.60. The standard InChI is InChI=1S/C11H16N2OS3/c1-8(2)14-7-10(15)13-11(16)12-6-9-4-3-5-17-9/h3-5,8H,6-7H2,1-2H3,(H2,12,13,15,16). The van der Waals surface area contributed by atoms with Gasteiger partial charge in [0.25, 0.3) is 0 Å². The number of rotatable bonds is 5. The van der Waals surface area contributed by atoms with Gasteiger partial charge in [-0.15, -0.1) is 11.3 Å². The van der Waals surface area contributed by atoms with Crippen molar-refractivity contribution in [2.75, 3.05) is 6.61 Å². The van der Waals surface area contributed by atoms with Gasteiger partial charge in [-0.1, -0.05) is 18.3 Å². The van der Waals surface area contributed by atoms with E-state index in [-0.39, 0.29) is 6.10 Å². The van der Waals surface area contributed by atoms with E-state index < -0.39 is 0 Å². The van der Waals surface area contributed by atoms with Gasteiger partial charge >= 0.3 is 0 Å². The quantitative estimate of drug-likeness (QED) is 0.814. The normalized spacial score (nSPS) is 10.3. The Hall–Kier alpha value is -0.560. The minimum atomic E-state index is 0.169. The van der Waals surface area contributed by atoms with Crippen LogP contribution in [0.25, 0.3) is 0 Å². The van der Waals surface area contributed by atoms with Crippen molar-refractivity contribution in [2.24, 2.45) is 0 Å². The zero-order chi connectivity index (χ0) is 12.7. The van der Waals surface area contributed by atoms with E-state index in [9.17, 15) is 0 Å².